The predicted molar refractivity (Wildman–Crippen MR) is 126 cm³/mol. The molecule has 174 valence electrons. The molecule has 0 saturated heterocycles. The van der Waals surface area contributed by atoms with Crippen molar-refractivity contribution in [2.75, 3.05) is 31.1 Å². The maximum absolute atomic E-state index is 13.0. The Hall–Kier alpha value is -3.68. The highest BCUT2D eigenvalue weighted by Gasteiger charge is 2.36. The zero-order valence-corrected chi connectivity index (χ0v) is 19.2. The number of carbonyl (C=O) groups excluding carboxylic acids is 3. The van der Waals surface area contributed by atoms with E-state index in [1.54, 1.807) is 53.4 Å². The van der Waals surface area contributed by atoms with E-state index >= 15 is 0 Å². The quantitative estimate of drug-likeness (QED) is 0.313. The van der Waals surface area contributed by atoms with E-state index < -0.39 is 11.9 Å². The van der Waals surface area contributed by atoms with Crippen molar-refractivity contribution in [3.8, 4) is 5.75 Å². The van der Waals surface area contributed by atoms with E-state index in [2.05, 4.69) is 12.1 Å². The van der Waals surface area contributed by atoms with E-state index in [-0.39, 0.29) is 23.7 Å². The first-order valence-electron chi connectivity index (χ1n) is 11.2. The normalized spacial score (nSPS) is 13.7. The van der Waals surface area contributed by atoms with Crippen LogP contribution in [0.25, 0.3) is 0 Å². The predicted octanol–water partition coefficient (Wildman–Crippen LogP) is 3.64. The van der Waals surface area contributed by atoms with Gasteiger partial charge in [-0.2, -0.15) is 0 Å². The molecule has 2 aromatic carbocycles. The lowest BCUT2D eigenvalue weighted by Crippen LogP contribution is -2.42. The van der Waals surface area contributed by atoms with Crippen LogP contribution < -0.4 is 9.64 Å². The van der Waals surface area contributed by atoms with Crippen LogP contribution in [0.2, 0.25) is 0 Å². The molecule has 1 heterocycles. The first-order chi connectivity index (χ1) is 16.0. The maximum Gasteiger partial charge on any atom is 0.365 e. The number of anilines is 1. The monoisotopic (exact) mass is 451 g/mol. The van der Waals surface area contributed by atoms with Gasteiger partial charge in [-0.05, 0) is 50.6 Å². The van der Waals surface area contributed by atoms with Gasteiger partial charge >= 0.3 is 5.97 Å². The van der Waals surface area contributed by atoms with Gasteiger partial charge in [0.25, 0.3) is 5.91 Å². The Morgan fingerprint density at radius 2 is 1.70 bits per heavy atom. The fourth-order valence-corrected chi connectivity index (χ4v) is 3.48. The van der Waals surface area contributed by atoms with E-state index in [9.17, 15) is 14.4 Å². The van der Waals surface area contributed by atoms with Crippen molar-refractivity contribution in [2.24, 2.45) is 5.16 Å². The fourth-order valence-electron chi connectivity index (χ4n) is 3.48. The molecule has 0 bridgehead atoms. The van der Waals surface area contributed by atoms with E-state index in [1.807, 2.05) is 13.8 Å². The molecule has 3 rings (SSSR count). The van der Waals surface area contributed by atoms with E-state index in [1.165, 1.54) is 4.90 Å². The van der Waals surface area contributed by atoms with E-state index in [4.69, 9.17) is 9.57 Å². The van der Waals surface area contributed by atoms with Gasteiger partial charge in [0.15, 0.2) is 5.71 Å². The molecule has 1 aliphatic heterocycles. The summed E-state index contributed by atoms with van der Waals surface area (Å²) < 4.78 is 5.59. The Morgan fingerprint density at radius 3 is 2.36 bits per heavy atom. The molecule has 2 aromatic rings. The minimum absolute atomic E-state index is 0.00850. The Kier molecular flexibility index (Phi) is 8.18. The second-order valence-electron chi connectivity index (χ2n) is 7.52. The Balaban J connectivity index is 1.73. The Morgan fingerprint density at radius 1 is 1.00 bits per heavy atom. The van der Waals surface area contributed by atoms with Crippen LogP contribution in [0, 0.1) is 0 Å². The standard InChI is InChI=1S/C25H29N3O5/c1-4-7-16-32-19-14-12-18(13-15-19)25(31)33-26-23-20-10-8-9-11-21(20)28(24(23)30)17-22(29)27(5-2)6-3/h8-15H,4-7,16-17H2,1-3H3/b26-23-. The van der Waals surface area contributed by atoms with Crippen molar-refractivity contribution in [1.82, 2.24) is 4.90 Å². The van der Waals surface area contributed by atoms with Gasteiger partial charge in [0.1, 0.15) is 12.3 Å². The number of nitrogens with zero attached hydrogens (tertiary/aromatic N) is 3. The first kappa shape index (κ1) is 24.0. The molecule has 0 fully saturated rings. The number of likely N-dealkylation sites (N-methyl/N-ethyl adjacent to an activating group) is 1. The molecule has 0 atom stereocenters. The topological polar surface area (TPSA) is 88.5 Å². The van der Waals surface area contributed by atoms with Gasteiger partial charge in [-0.25, -0.2) is 4.79 Å². The lowest BCUT2D eigenvalue weighted by atomic mass is 10.1. The smallest absolute Gasteiger partial charge is 0.365 e. The SMILES string of the molecule is CCCCOc1ccc(C(=O)O/N=C2\C(=O)N(CC(=O)N(CC)CC)c3ccccc32)cc1. The molecule has 0 unspecified atom stereocenters. The van der Waals surface area contributed by atoms with Crippen LogP contribution in [0.4, 0.5) is 5.69 Å². The van der Waals surface area contributed by atoms with Crippen LogP contribution in [-0.4, -0.2) is 54.6 Å². The number of benzene rings is 2. The summed E-state index contributed by atoms with van der Waals surface area (Å²) in [6.07, 6.45) is 1.99. The summed E-state index contributed by atoms with van der Waals surface area (Å²) in [7, 11) is 0. The average Bonchev–Trinajstić information content (AvgIpc) is 3.09. The van der Waals surface area contributed by atoms with Crippen molar-refractivity contribution in [3.63, 3.8) is 0 Å². The van der Waals surface area contributed by atoms with Crippen molar-refractivity contribution in [2.45, 2.75) is 33.6 Å². The summed E-state index contributed by atoms with van der Waals surface area (Å²) in [5.74, 6) is -0.669. The fraction of sp³-hybridized carbons (Fsp3) is 0.360. The van der Waals surface area contributed by atoms with Crippen molar-refractivity contribution in [3.05, 3.63) is 59.7 Å². The summed E-state index contributed by atoms with van der Waals surface area (Å²) in [5, 5.41) is 3.87. The number of carbonyl (C=O) groups is 3. The highest BCUT2D eigenvalue weighted by Crippen LogP contribution is 2.29. The number of unbranched alkanes of at least 4 members (excludes halogenated alkanes) is 1. The van der Waals surface area contributed by atoms with Crippen molar-refractivity contribution < 1.29 is 24.0 Å². The highest BCUT2D eigenvalue weighted by atomic mass is 16.7. The van der Waals surface area contributed by atoms with Crippen LogP contribution in [0.5, 0.6) is 5.75 Å². The third-order valence-electron chi connectivity index (χ3n) is 5.38. The molecule has 1 aliphatic rings. The van der Waals surface area contributed by atoms with Crippen LogP contribution in [0.15, 0.2) is 53.7 Å². The van der Waals surface area contributed by atoms with Gasteiger partial charge in [-0.15, -0.1) is 0 Å². The largest absolute Gasteiger partial charge is 0.494 e. The third-order valence-corrected chi connectivity index (χ3v) is 5.38. The molecule has 2 amide bonds. The van der Waals surface area contributed by atoms with Crippen LogP contribution in [0.1, 0.15) is 49.5 Å². The van der Waals surface area contributed by atoms with Crippen molar-refractivity contribution in [1.29, 1.82) is 0 Å². The van der Waals surface area contributed by atoms with E-state index in [0.717, 1.165) is 12.8 Å². The number of ether oxygens (including phenoxy) is 1. The summed E-state index contributed by atoms with van der Waals surface area (Å²) >= 11 is 0. The molecule has 0 aromatic heterocycles. The van der Waals surface area contributed by atoms with Crippen LogP contribution in [-0.2, 0) is 14.4 Å². The molecule has 0 aliphatic carbocycles. The molecular formula is C25H29N3O5. The van der Waals surface area contributed by atoms with Crippen LogP contribution >= 0.6 is 0 Å². The Labute approximate surface area is 193 Å². The number of hydrogen-bond acceptors (Lipinski definition) is 6. The molecule has 0 N–H and O–H groups in total. The zero-order chi connectivity index (χ0) is 23.8. The van der Waals surface area contributed by atoms with Gasteiger partial charge in [0.05, 0.1) is 17.9 Å². The molecule has 8 heteroatoms. The van der Waals surface area contributed by atoms with Gasteiger partial charge in [0.2, 0.25) is 5.91 Å². The van der Waals surface area contributed by atoms with Gasteiger partial charge in [-0.3, -0.25) is 14.5 Å². The summed E-state index contributed by atoms with van der Waals surface area (Å²) in [6.45, 7) is 7.47. The number of hydrogen-bond donors (Lipinski definition) is 0. The van der Waals surface area contributed by atoms with Gasteiger partial charge in [-0.1, -0.05) is 36.7 Å². The third kappa shape index (κ3) is 5.58. The van der Waals surface area contributed by atoms with E-state index in [0.29, 0.717) is 36.7 Å². The average molecular weight is 452 g/mol. The summed E-state index contributed by atoms with van der Waals surface area (Å²) in [5.41, 5.74) is 1.36. The minimum atomic E-state index is -0.689. The molecular weight excluding hydrogens is 422 g/mol. The molecule has 0 radical (unpaired) electrons. The Bertz CT molecular complexity index is 1030. The first-order valence-corrected chi connectivity index (χ1v) is 11.2. The van der Waals surface area contributed by atoms with Gasteiger partial charge < -0.3 is 14.5 Å². The zero-order valence-electron chi connectivity index (χ0n) is 19.2. The maximum atomic E-state index is 13.0. The highest BCUT2D eigenvalue weighted by molar-refractivity contribution is 6.54. The number of rotatable bonds is 10. The number of amides is 2. The number of oxime groups is 1. The van der Waals surface area contributed by atoms with Crippen LogP contribution in [0.3, 0.4) is 0 Å². The summed E-state index contributed by atoms with van der Waals surface area (Å²) in [6, 6.07) is 13.5. The molecule has 8 nitrogen and oxygen atoms in total. The lowest BCUT2D eigenvalue weighted by molar-refractivity contribution is -0.130. The molecule has 0 spiro atoms. The molecule has 0 saturated carbocycles. The number of para-hydroxylation sites is 1. The lowest BCUT2D eigenvalue weighted by Gasteiger charge is -2.23. The van der Waals surface area contributed by atoms with Crippen molar-refractivity contribution >= 4 is 29.2 Å². The summed E-state index contributed by atoms with van der Waals surface area (Å²) in [4.78, 5) is 46.2. The second kappa shape index (κ2) is 11.3. The number of fused-ring (bicyclic) bond motifs is 1. The van der Waals surface area contributed by atoms with Gasteiger partial charge in [0, 0.05) is 18.7 Å². The minimum Gasteiger partial charge on any atom is -0.494 e. The molecule has 33 heavy (non-hydrogen) atoms. The second-order valence-corrected chi connectivity index (χ2v) is 7.52.